The fraction of sp³-hybridized carbons (Fsp3) is 0.286. The first-order valence-electron chi connectivity index (χ1n) is 3.45. The molecule has 70 valence electrons. The lowest BCUT2D eigenvalue weighted by Gasteiger charge is -1.99. The number of nitrogens with one attached hydrogen (secondary N) is 1. The van der Waals surface area contributed by atoms with Gasteiger partial charge in [-0.1, -0.05) is 0 Å². The van der Waals surface area contributed by atoms with Crippen LogP contribution >= 0.6 is 12.2 Å². The van der Waals surface area contributed by atoms with Crippen LogP contribution in [-0.2, 0) is 9.53 Å². The summed E-state index contributed by atoms with van der Waals surface area (Å²) in [5.41, 5.74) is 4.91. The molecule has 0 aromatic carbocycles. The minimum absolute atomic E-state index is 0.0166. The summed E-state index contributed by atoms with van der Waals surface area (Å²) in [4.78, 5) is 10.9. The molecule has 0 heterocycles. The lowest BCUT2D eigenvalue weighted by Crippen LogP contribution is -2.25. The van der Waals surface area contributed by atoms with E-state index in [1.807, 2.05) is 0 Å². The van der Waals surface area contributed by atoms with Crippen molar-refractivity contribution in [2.45, 2.75) is 6.92 Å². The Morgan fingerprint density at radius 2 is 2.46 bits per heavy atom. The van der Waals surface area contributed by atoms with E-state index in [2.05, 4.69) is 22.3 Å². The van der Waals surface area contributed by atoms with Crippen molar-refractivity contribution in [3.8, 4) is 6.07 Å². The molecule has 0 aliphatic heterocycles. The van der Waals surface area contributed by atoms with E-state index in [-0.39, 0.29) is 17.3 Å². The quantitative estimate of drug-likeness (QED) is 0.283. The highest BCUT2D eigenvalue weighted by Gasteiger charge is 2.08. The molecule has 0 fully saturated rings. The molecular weight excluding hydrogens is 190 g/mol. The summed E-state index contributed by atoms with van der Waals surface area (Å²) in [6.45, 7) is 1.86. The predicted octanol–water partition coefficient (Wildman–Crippen LogP) is -0.210. The van der Waals surface area contributed by atoms with Crippen LogP contribution in [0.2, 0.25) is 0 Å². The number of hydrogen-bond acceptors (Lipinski definition) is 4. The molecule has 6 heteroatoms. The molecule has 3 N–H and O–H groups in total. The molecule has 0 radical (unpaired) electrons. The minimum Gasteiger partial charge on any atom is -0.462 e. The summed E-state index contributed by atoms with van der Waals surface area (Å²) in [5.74, 6) is -0.700. The lowest BCUT2D eigenvalue weighted by atomic mass is 10.3. The maximum atomic E-state index is 10.9. The molecule has 0 amide bonds. The summed E-state index contributed by atoms with van der Waals surface area (Å²) in [6.07, 6.45) is 1.11. The van der Waals surface area contributed by atoms with Crippen molar-refractivity contribution in [2.75, 3.05) is 6.61 Å². The topological polar surface area (TPSA) is 88.1 Å². The third kappa shape index (κ3) is 4.76. The summed E-state index contributed by atoms with van der Waals surface area (Å²) in [7, 11) is 0. The maximum Gasteiger partial charge on any atom is 0.350 e. The van der Waals surface area contributed by atoms with Crippen molar-refractivity contribution in [2.24, 2.45) is 5.73 Å². The van der Waals surface area contributed by atoms with Crippen molar-refractivity contribution in [1.82, 2.24) is 5.32 Å². The molecule has 0 aliphatic carbocycles. The molecule has 0 spiro atoms. The number of ether oxygens (including phenoxy) is 1. The number of rotatable bonds is 3. The van der Waals surface area contributed by atoms with Crippen molar-refractivity contribution in [1.29, 1.82) is 5.26 Å². The van der Waals surface area contributed by atoms with Gasteiger partial charge in [-0.05, 0) is 19.1 Å². The van der Waals surface area contributed by atoms with E-state index in [1.54, 1.807) is 13.0 Å². The lowest BCUT2D eigenvalue weighted by molar-refractivity contribution is -0.138. The van der Waals surface area contributed by atoms with Crippen LogP contribution in [0.3, 0.4) is 0 Å². The van der Waals surface area contributed by atoms with E-state index in [9.17, 15) is 4.79 Å². The highest BCUT2D eigenvalue weighted by molar-refractivity contribution is 7.80. The molecule has 0 atom stereocenters. The first-order valence-corrected chi connectivity index (χ1v) is 3.86. The second-order valence-electron chi connectivity index (χ2n) is 1.90. The average molecular weight is 199 g/mol. The van der Waals surface area contributed by atoms with Crippen LogP contribution in [0.5, 0.6) is 0 Å². The average Bonchev–Trinajstić information content (AvgIpc) is 2.05. The van der Waals surface area contributed by atoms with Gasteiger partial charge < -0.3 is 15.8 Å². The van der Waals surface area contributed by atoms with E-state index in [4.69, 9.17) is 11.0 Å². The smallest absolute Gasteiger partial charge is 0.350 e. The number of esters is 1. The molecule has 0 aromatic rings. The standard InChI is InChI=1S/C7H9N3O2S/c1-2-12-6(11)5(3-8)4-10-7(9)13/h4H,2H2,1H3,(H3,9,10,13). The fourth-order valence-corrected chi connectivity index (χ4v) is 0.548. The highest BCUT2D eigenvalue weighted by Crippen LogP contribution is 1.94. The predicted molar refractivity (Wildman–Crippen MR) is 50.3 cm³/mol. The zero-order chi connectivity index (χ0) is 10.3. The van der Waals surface area contributed by atoms with Crippen molar-refractivity contribution in [3.63, 3.8) is 0 Å². The Hall–Kier alpha value is -1.61. The molecule has 5 nitrogen and oxygen atoms in total. The monoisotopic (exact) mass is 199 g/mol. The van der Waals surface area contributed by atoms with Gasteiger partial charge in [0.1, 0.15) is 6.07 Å². The maximum absolute atomic E-state index is 10.9. The van der Waals surface area contributed by atoms with Gasteiger partial charge in [0, 0.05) is 6.20 Å². The SMILES string of the molecule is CCOC(=O)C(C#N)=CNC(N)=S. The summed E-state index contributed by atoms with van der Waals surface area (Å²) >= 11 is 4.47. The molecule has 0 saturated heterocycles. The first kappa shape index (κ1) is 11.4. The summed E-state index contributed by atoms with van der Waals surface area (Å²) < 4.78 is 4.57. The Bertz CT molecular complexity index is 280. The molecular formula is C7H9N3O2S. The fourth-order valence-electron chi connectivity index (χ4n) is 0.489. The van der Waals surface area contributed by atoms with E-state index >= 15 is 0 Å². The zero-order valence-electron chi connectivity index (χ0n) is 7.03. The van der Waals surface area contributed by atoms with Gasteiger partial charge in [0.05, 0.1) is 6.61 Å². The number of nitrogens with two attached hydrogens (primary N) is 1. The molecule has 0 rings (SSSR count). The Morgan fingerprint density at radius 3 is 2.85 bits per heavy atom. The van der Waals surface area contributed by atoms with Gasteiger partial charge in [0.25, 0.3) is 0 Å². The summed E-state index contributed by atoms with van der Waals surface area (Å²) in [5, 5.41) is 10.8. The largest absolute Gasteiger partial charge is 0.462 e. The molecule has 0 saturated carbocycles. The molecule has 0 bridgehead atoms. The van der Waals surface area contributed by atoms with Gasteiger partial charge in [0.15, 0.2) is 10.7 Å². The molecule has 0 aliphatic rings. The van der Waals surface area contributed by atoms with Crippen LogP contribution in [0.25, 0.3) is 0 Å². The van der Waals surface area contributed by atoms with Gasteiger partial charge in [-0.3, -0.25) is 0 Å². The first-order chi connectivity index (χ1) is 6.11. The molecule has 13 heavy (non-hydrogen) atoms. The molecule has 0 aromatic heterocycles. The number of nitriles is 1. The van der Waals surface area contributed by atoms with Gasteiger partial charge >= 0.3 is 5.97 Å². The third-order valence-electron chi connectivity index (χ3n) is 0.975. The number of carbonyl (C=O) groups is 1. The van der Waals surface area contributed by atoms with Crippen LogP contribution in [0.1, 0.15) is 6.92 Å². The van der Waals surface area contributed by atoms with Gasteiger partial charge in [-0.25, -0.2) is 4.79 Å². The number of nitrogens with zero attached hydrogens (tertiary/aromatic N) is 1. The van der Waals surface area contributed by atoms with Crippen molar-refractivity contribution < 1.29 is 9.53 Å². The number of carbonyl (C=O) groups excluding carboxylic acids is 1. The number of thiocarbonyl (C=S) groups is 1. The van der Waals surface area contributed by atoms with E-state index in [0.29, 0.717) is 0 Å². The van der Waals surface area contributed by atoms with Crippen molar-refractivity contribution in [3.05, 3.63) is 11.8 Å². The Balaban J connectivity index is 4.34. The minimum atomic E-state index is -0.700. The van der Waals surface area contributed by atoms with Gasteiger partial charge in [-0.15, -0.1) is 0 Å². The van der Waals surface area contributed by atoms with Crippen LogP contribution in [-0.4, -0.2) is 17.7 Å². The van der Waals surface area contributed by atoms with E-state index in [0.717, 1.165) is 6.20 Å². The summed E-state index contributed by atoms with van der Waals surface area (Å²) in [6, 6.07) is 1.65. The van der Waals surface area contributed by atoms with E-state index in [1.165, 1.54) is 0 Å². The second kappa shape index (κ2) is 5.97. The zero-order valence-corrected chi connectivity index (χ0v) is 7.85. The van der Waals surface area contributed by atoms with Crippen LogP contribution < -0.4 is 11.1 Å². The van der Waals surface area contributed by atoms with Gasteiger partial charge in [0.2, 0.25) is 0 Å². The number of hydrogen-bond donors (Lipinski definition) is 2. The highest BCUT2D eigenvalue weighted by atomic mass is 32.1. The Kier molecular flexibility index (Phi) is 5.23. The third-order valence-corrected chi connectivity index (χ3v) is 1.09. The molecule has 0 unspecified atom stereocenters. The van der Waals surface area contributed by atoms with Crippen LogP contribution in [0.15, 0.2) is 11.8 Å². The van der Waals surface area contributed by atoms with Crippen LogP contribution in [0.4, 0.5) is 0 Å². The van der Waals surface area contributed by atoms with Crippen LogP contribution in [0, 0.1) is 11.3 Å². The van der Waals surface area contributed by atoms with E-state index < -0.39 is 5.97 Å². The van der Waals surface area contributed by atoms with Crippen molar-refractivity contribution >= 4 is 23.3 Å². The van der Waals surface area contributed by atoms with Gasteiger partial charge in [-0.2, -0.15) is 5.26 Å². The normalized spacial score (nSPS) is 10.0. The Morgan fingerprint density at radius 1 is 1.85 bits per heavy atom. The second-order valence-corrected chi connectivity index (χ2v) is 2.34. The Labute approximate surface area is 81.2 Å².